The third-order valence-corrected chi connectivity index (χ3v) is 6.53. The van der Waals surface area contributed by atoms with Crippen LogP contribution >= 0.6 is 11.6 Å². The van der Waals surface area contributed by atoms with Gasteiger partial charge in [-0.05, 0) is 48.5 Å². The Kier molecular flexibility index (Phi) is 7.38. The molecule has 1 aliphatic heterocycles. The van der Waals surface area contributed by atoms with Crippen molar-refractivity contribution in [3.8, 4) is 11.3 Å². The molecule has 0 bridgehead atoms. The summed E-state index contributed by atoms with van der Waals surface area (Å²) in [5.41, 5.74) is 3.16. The first-order valence-corrected chi connectivity index (χ1v) is 12.5. The van der Waals surface area contributed by atoms with Crippen LogP contribution in [0.1, 0.15) is 16.1 Å². The number of carbonyl (C=O) groups is 2. The lowest BCUT2D eigenvalue weighted by Gasteiger charge is -2.36. The van der Waals surface area contributed by atoms with Crippen LogP contribution < -0.4 is 10.2 Å². The highest BCUT2D eigenvalue weighted by molar-refractivity contribution is 6.33. The van der Waals surface area contributed by atoms with E-state index in [1.807, 2.05) is 89.8 Å². The molecule has 186 valence electrons. The first kappa shape index (κ1) is 24.4. The monoisotopic (exact) mass is 511 g/mol. The molecule has 1 aromatic heterocycles. The fourth-order valence-electron chi connectivity index (χ4n) is 4.30. The smallest absolute Gasteiger partial charge is 0.253 e. The number of anilines is 2. The van der Waals surface area contributed by atoms with Crippen molar-refractivity contribution in [2.24, 2.45) is 0 Å². The van der Waals surface area contributed by atoms with Crippen molar-refractivity contribution in [3.05, 3.63) is 113 Å². The maximum atomic E-state index is 12.7. The van der Waals surface area contributed by atoms with E-state index in [9.17, 15) is 9.59 Å². The molecule has 4 aromatic rings. The number of carbonyl (C=O) groups excluding carboxylic acids is 2. The molecule has 0 aliphatic carbocycles. The maximum Gasteiger partial charge on any atom is 0.253 e. The molecule has 1 N–H and O–H groups in total. The molecule has 0 radical (unpaired) electrons. The van der Waals surface area contributed by atoms with E-state index in [2.05, 4.69) is 10.2 Å². The average Bonchev–Trinajstić information content (AvgIpc) is 3.42. The molecule has 0 unspecified atom stereocenters. The molecule has 2 heterocycles. The zero-order valence-corrected chi connectivity index (χ0v) is 20.9. The third kappa shape index (κ3) is 5.93. The highest BCUT2D eigenvalue weighted by Crippen LogP contribution is 2.30. The van der Waals surface area contributed by atoms with Crippen LogP contribution in [-0.2, 0) is 4.79 Å². The second-order valence-corrected chi connectivity index (χ2v) is 9.11. The summed E-state index contributed by atoms with van der Waals surface area (Å²) in [6.45, 7) is 2.60. The average molecular weight is 512 g/mol. The Labute approximate surface area is 220 Å². The van der Waals surface area contributed by atoms with E-state index in [4.69, 9.17) is 16.0 Å². The van der Waals surface area contributed by atoms with E-state index >= 15 is 0 Å². The lowest BCUT2D eigenvalue weighted by atomic mass is 10.1. The largest absolute Gasteiger partial charge is 0.457 e. The van der Waals surface area contributed by atoms with Gasteiger partial charge in [0.2, 0.25) is 5.91 Å². The van der Waals surface area contributed by atoms with Crippen molar-refractivity contribution in [2.75, 3.05) is 36.4 Å². The Morgan fingerprint density at radius 3 is 2.24 bits per heavy atom. The van der Waals surface area contributed by atoms with Gasteiger partial charge in [-0.1, -0.05) is 60.1 Å². The number of benzene rings is 3. The van der Waals surface area contributed by atoms with E-state index in [1.54, 1.807) is 12.1 Å². The van der Waals surface area contributed by atoms with E-state index in [0.717, 1.165) is 17.0 Å². The van der Waals surface area contributed by atoms with Crippen LogP contribution in [0, 0.1) is 0 Å². The van der Waals surface area contributed by atoms with Crippen LogP contribution in [0.4, 0.5) is 11.4 Å². The van der Waals surface area contributed by atoms with Crippen LogP contribution in [0.3, 0.4) is 0 Å². The van der Waals surface area contributed by atoms with E-state index in [-0.39, 0.29) is 11.8 Å². The summed E-state index contributed by atoms with van der Waals surface area (Å²) in [6, 6.07) is 28.3. The van der Waals surface area contributed by atoms with Crippen molar-refractivity contribution in [3.63, 3.8) is 0 Å². The van der Waals surface area contributed by atoms with Gasteiger partial charge in [0.05, 0.1) is 10.7 Å². The third-order valence-electron chi connectivity index (χ3n) is 6.23. The highest BCUT2D eigenvalue weighted by atomic mass is 35.5. The number of nitrogens with one attached hydrogen (secondary N) is 1. The second-order valence-electron chi connectivity index (χ2n) is 8.70. The minimum Gasteiger partial charge on any atom is -0.457 e. The molecule has 0 saturated carbocycles. The maximum absolute atomic E-state index is 12.7. The van der Waals surface area contributed by atoms with Crippen molar-refractivity contribution in [1.29, 1.82) is 0 Å². The van der Waals surface area contributed by atoms with Crippen LogP contribution in [-0.4, -0.2) is 42.9 Å². The summed E-state index contributed by atoms with van der Waals surface area (Å²) in [7, 11) is 0. The molecule has 1 fully saturated rings. The van der Waals surface area contributed by atoms with Crippen molar-refractivity contribution in [1.82, 2.24) is 4.90 Å². The minimum atomic E-state index is -0.283. The number of rotatable bonds is 6. The quantitative estimate of drug-likeness (QED) is 0.312. The van der Waals surface area contributed by atoms with Gasteiger partial charge in [-0.2, -0.15) is 0 Å². The van der Waals surface area contributed by atoms with Crippen LogP contribution in [0.15, 0.2) is 101 Å². The van der Waals surface area contributed by atoms with Crippen LogP contribution in [0.2, 0.25) is 5.02 Å². The molecule has 2 amide bonds. The van der Waals surface area contributed by atoms with Crippen molar-refractivity contribution >= 4 is 40.9 Å². The molecule has 5 rings (SSSR count). The fraction of sp³-hybridized carbons (Fsp3) is 0.133. The van der Waals surface area contributed by atoms with Gasteiger partial charge in [0.15, 0.2) is 0 Å². The number of hydrogen-bond acceptors (Lipinski definition) is 4. The van der Waals surface area contributed by atoms with E-state index in [0.29, 0.717) is 48.2 Å². The summed E-state index contributed by atoms with van der Waals surface area (Å²) >= 11 is 6.57. The predicted octanol–water partition coefficient (Wildman–Crippen LogP) is 6.21. The van der Waals surface area contributed by atoms with Crippen LogP contribution in [0.25, 0.3) is 17.4 Å². The molecule has 6 nitrogen and oxygen atoms in total. The first-order valence-electron chi connectivity index (χ1n) is 12.1. The van der Waals surface area contributed by atoms with Gasteiger partial charge in [-0.3, -0.25) is 9.59 Å². The normalized spacial score (nSPS) is 13.6. The molecule has 7 heteroatoms. The van der Waals surface area contributed by atoms with Gasteiger partial charge in [-0.15, -0.1) is 0 Å². The molecule has 0 atom stereocenters. The standard InChI is InChI=1S/C30H26ClN3O3/c31-26-21-24(32-29(35)16-13-25-12-15-28(37-25)22-7-3-1-4-8-22)11-14-27(26)33-17-19-34(20-18-33)30(36)23-9-5-2-6-10-23/h1-16,21H,17-20H2,(H,32,35)/b16-13+. The lowest BCUT2D eigenvalue weighted by molar-refractivity contribution is -0.111. The highest BCUT2D eigenvalue weighted by Gasteiger charge is 2.23. The van der Waals surface area contributed by atoms with Gasteiger partial charge in [0.25, 0.3) is 5.91 Å². The summed E-state index contributed by atoms with van der Waals surface area (Å²) < 4.78 is 5.80. The molecule has 0 spiro atoms. The van der Waals surface area contributed by atoms with E-state index in [1.165, 1.54) is 6.08 Å². The number of halogens is 1. The SMILES string of the molecule is O=C(/C=C/c1ccc(-c2ccccc2)o1)Nc1ccc(N2CCN(C(=O)c3ccccc3)CC2)c(Cl)c1. The molecule has 3 aromatic carbocycles. The fourth-order valence-corrected chi connectivity index (χ4v) is 4.60. The number of piperazine rings is 1. The Morgan fingerprint density at radius 2 is 1.54 bits per heavy atom. The summed E-state index contributed by atoms with van der Waals surface area (Å²) in [5.74, 6) is 1.10. The van der Waals surface area contributed by atoms with Gasteiger partial charge in [-0.25, -0.2) is 0 Å². The summed E-state index contributed by atoms with van der Waals surface area (Å²) in [6.07, 6.45) is 3.06. The van der Waals surface area contributed by atoms with Crippen molar-refractivity contribution < 1.29 is 14.0 Å². The number of hydrogen-bond donors (Lipinski definition) is 1. The molecular formula is C30H26ClN3O3. The van der Waals surface area contributed by atoms with Gasteiger partial charge < -0.3 is 19.5 Å². The van der Waals surface area contributed by atoms with E-state index < -0.39 is 0 Å². The second kappa shape index (κ2) is 11.2. The number of furan rings is 1. The first-order chi connectivity index (χ1) is 18.1. The lowest BCUT2D eigenvalue weighted by Crippen LogP contribution is -2.48. The van der Waals surface area contributed by atoms with Crippen LogP contribution in [0.5, 0.6) is 0 Å². The Balaban J connectivity index is 1.16. The summed E-state index contributed by atoms with van der Waals surface area (Å²) in [5, 5.41) is 3.38. The molecule has 1 aliphatic rings. The zero-order valence-electron chi connectivity index (χ0n) is 20.1. The summed E-state index contributed by atoms with van der Waals surface area (Å²) in [4.78, 5) is 29.2. The predicted molar refractivity (Wildman–Crippen MR) is 148 cm³/mol. The Morgan fingerprint density at radius 1 is 0.838 bits per heavy atom. The Bertz CT molecular complexity index is 1410. The topological polar surface area (TPSA) is 65.8 Å². The number of amides is 2. The molecular weight excluding hydrogens is 486 g/mol. The number of nitrogens with zero attached hydrogens (tertiary/aromatic N) is 2. The van der Waals surface area contributed by atoms with Crippen molar-refractivity contribution in [2.45, 2.75) is 0 Å². The van der Waals surface area contributed by atoms with Gasteiger partial charge in [0, 0.05) is 49.1 Å². The molecule has 1 saturated heterocycles. The Hall–Kier alpha value is -4.29. The zero-order chi connectivity index (χ0) is 25.6. The van der Waals surface area contributed by atoms with Gasteiger partial charge in [0.1, 0.15) is 11.5 Å². The molecule has 37 heavy (non-hydrogen) atoms. The minimum absolute atomic E-state index is 0.0447. The van der Waals surface area contributed by atoms with Gasteiger partial charge >= 0.3 is 0 Å².